The van der Waals surface area contributed by atoms with Gasteiger partial charge < -0.3 is 24.3 Å². The molecule has 0 aromatic carbocycles. The van der Waals surface area contributed by atoms with Crippen molar-refractivity contribution in [3.05, 3.63) is 24.0 Å². The number of nitrogens with one attached hydrogen (secondary N) is 1. The number of hydrogen-bond acceptors (Lipinski definition) is 5. The highest BCUT2D eigenvalue weighted by molar-refractivity contribution is 5.89. The summed E-state index contributed by atoms with van der Waals surface area (Å²) < 4.78 is 11.6. The monoisotopic (exact) mass is 317 g/mol. The zero-order chi connectivity index (χ0) is 14.4. The van der Waals surface area contributed by atoms with E-state index in [0.717, 1.165) is 13.1 Å². The van der Waals surface area contributed by atoms with Crippen molar-refractivity contribution in [3.8, 4) is 0 Å². The van der Waals surface area contributed by atoms with Crippen molar-refractivity contribution in [1.29, 1.82) is 0 Å². The van der Waals surface area contributed by atoms with E-state index in [2.05, 4.69) is 10.1 Å². The fourth-order valence-corrected chi connectivity index (χ4v) is 2.00. The van der Waals surface area contributed by atoms with E-state index < -0.39 is 0 Å². The SMILES string of the molecule is COC(=O)c1ccn(CCOC(=O)N2CCNCC2)c1.Cl. The molecule has 8 heteroatoms. The molecule has 1 fully saturated rings. The molecule has 0 bridgehead atoms. The lowest BCUT2D eigenvalue weighted by molar-refractivity contribution is 0.0600. The minimum absolute atomic E-state index is 0. The van der Waals surface area contributed by atoms with Crippen LogP contribution in [0.25, 0.3) is 0 Å². The predicted molar refractivity (Wildman–Crippen MR) is 78.8 cm³/mol. The molecule has 0 saturated carbocycles. The highest BCUT2D eigenvalue weighted by Gasteiger charge is 2.17. The Labute approximate surface area is 129 Å². The average molecular weight is 318 g/mol. The van der Waals surface area contributed by atoms with E-state index in [-0.39, 0.29) is 31.1 Å². The maximum absolute atomic E-state index is 11.7. The fourth-order valence-electron chi connectivity index (χ4n) is 2.00. The second-order valence-corrected chi connectivity index (χ2v) is 4.48. The normalized spacial score (nSPS) is 14.2. The van der Waals surface area contributed by atoms with Crippen LogP contribution in [0, 0.1) is 0 Å². The number of halogens is 1. The molecule has 1 amide bonds. The Morgan fingerprint density at radius 2 is 2.05 bits per heavy atom. The van der Waals surface area contributed by atoms with Gasteiger partial charge in [0.25, 0.3) is 0 Å². The van der Waals surface area contributed by atoms with E-state index in [0.29, 0.717) is 25.2 Å². The molecular weight excluding hydrogens is 298 g/mol. The first-order chi connectivity index (χ1) is 9.70. The molecule has 1 aliphatic rings. The summed E-state index contributed by atoms with van der Waals surface area (Å²) in [4.78, 5) is 24.7. The van der Waals surface area contributed by atoms with E-state index in [1.165, 1.54) is 7.11 Å². The maximum Gasteiger partial charge on any atom is 0.409 e. The summed E-state index contributed by atoms with van der Waals surface area (Å²) in [6.07, 6.45) is 3.14. The molecule has 2 heterocycles. The van der Waals surface area contributed by atoms with Crippen LogP contribution in [-0.2, 0) is 16.0 Å². The second kappa shape index (κ2) is 8.53. The standard InChI is InChI=1S/C13H19N3O4.ClH/c1-19-12(17)11-2-5-15(10-11)8-9-20-13(18)16-6-3-14-4-7-16;/h2,5,10,14H,3-4,6-9H2,1H3;1H. The van der Waals surface area contributed by atoms with Crippen LogP contribution in [0.2, 0.25) is 0 Å². The summed E-state index contributed by atoms with van der Waals surface area (Å²) in [5.74, 6) is -0.374. The van der Waals surface area contributed by atoms with Gasteiger partial charge in [-0.2, -0.15) is 0 Å². The highest BCUT2D eigenvalue weighted by Crippen LogP contribution is 2.03. The largest absolute Gasteiger partial charge is 0.465 e. The maximum atomic E-state index is 11.7. The summed E-state index contributed by atoms with van der Waals surface area (Å²) in [6.45, 7) is 3.74. The van der Waals surface area contributed by atoms with Crippen molar-refractivity contribution < 1.29 is 19.1 Å². The molecule has 1 saturated heterocycles. The van der Waals surface area contributed by atoms with Gasteiger partial charge in [0.1, 0.15) is 6.61 Å². The highest BCUT2D eigenvalue weighted by atomic mass is 35.5. The van der Waals surface area contributed by atoms with Gasteiger partial charge in [-0.25, -0.2) is 9.59 Å². The minimum Gasteiger partial charge on any atom is -0.465 e. The molecule has 2 rings (SSSR count). The Balaban J connectivity index is 0.00000220. The number of methoxy groups -OCH3 is 1. The van der Waals surface area contributed by atoms with Gasteiger partial charge in [-0.1, -0.05) is 0 Å². The average Bonchev–Trinajstić information content (AvgIpc) is 2.96. The molecule has 0 radical (unpaired) electrons. The van der Waals surface area contributed by atoms with Crippen LogP contribution in [0.4, 0.5) is 4.79 Å². The van der Waals surface area contributed by atoms with Crippen molar-refractivity contribution in [3.63, 3.8) is 0 Å². The number of ether oxygens (including phenoxy) is 2. The van der Waals surface area contributed by atoms with Gasteiger partial charge in [-0.3, -0.25) is 0 Å². The topological polar surface area (TPSA) is 72.8 Å². The Kier molecular flexibility index (Phi) is 7.04. The Hall–Kier alpha value is -1.73. The third-order valence-electron chi connectivity index (χ3n) is 3.12. The molecule has 1 aromatic heterocycles. The van der Waals surface area contributed by atoms with E-state index in [1.807, 2.05) is 0 Å². The molecule has 1 aliphatic heterocycles. The van der Waals surface area contributed by atoms with Crippen LogP contribution in [0.5, 0.6) is 0 Å². The quantitative estimate of drug-likeness (QED) is 0.829. The first-order valence-electron chi connectivity index (χ1n) is 6.57. The van der Waals surface area contributed by atoms with Crippen molar-refractivity contribution in [1.82, 2.24) is 14.8 Å². The van der Waals surface area contributed by atoms with Crippen molar-refractivity contribution >= 4 is 24.5 Å². The minimum atomic E-state index is -0.374. The van der Waals surface area contributed by atoms with Gasteiger partial charge in [-0.05, 0) is 6.07 Å². The number of hydrogen-bond donors (Lipinski definition) is 1. The lowest BCUT2D eigenvalue weighted by Crippen LogP contribution is -2.46. The first-order valence-corrected chi connectivity index (χ1v) is 6.57. The van der Waals surface area contributed by atoms with Crippen LogP contribution in [0.1, 0.15) is 10.4 Å². The number of carbonyl (C=O) groups is 2. The molecule has 0 unspecified atom stereocenters. The van der Waals surface area contributed by atoms with Crippen LogP contribution >= 0.6 is 12.4 Å². The van der Waals surface area contributed by atoms with E-state index >= 15 is 0 Å². The number of carbonyl (C=O) groups excluding carboxylic acids is 2. The zero-order valence-corrected chi connectivity index (χ0v) is 12.7. The summed E-state index contributed by atoms with van der Waals surface area (Å²) >= 11 is 0. The molecule has 0 aliphatic carbocycles. The smallest absolute Gasteiger partial charge is 0.409 e. The van der Waals surface area contributed by atoms with Gasteiger partial charge in [0.15, 0.2) is 0 Å². The van der Waals surface area contributed by atoms with Crippen LogP contribution < -0.4 is 5.32 Å². The summed E-state index contributed by atoms with van der Waals surface area (Å²) in [6, 6.07) is 1.67. The van der Waals surface area contributed by atoms with Gasteiger partial charge in [0.2, 0.25) is 0 Å². The van der Waals surface area contributed by atoms with Gasteiger partial charge in [-0.15, -0.1) is 12.4 Å². The third kappa shape index (κ3) is 4.95. The molecule has 7 nitrogen and oxygen atoms in total. The molecule has 118 valence electrons. The van der Waals surface area contributed by atoms with Gasteiger partial charge in [0, 0.05) is 38.6 Å². The number of aromatic nitrogens is 1. The van der Waals surface area contributed by atoms with E-state index in [4.69, 9.17) is 4.74 Å². The molecular formula is C13H20ClN3O4. The number of nitrogens with zero attached hydrogens (tertiary/aromatic N) is 2. The summed E-state index contributed by atoms with van der Waals surface area (Å²) in [7, 11) is 1.34. The van der Waals surface area contributed by atoms with E-state index in [9.17, 15) is 9.59 Å². The van der Waals surface area contributed by atoms with Crippen molar-refractivity contribution in [2.24, 2.45) is 0 Å². The third-order valence-corrected chi connectivity index (χ3v) is 3.12. The number of piperazine rings is 1. The summed E-state index contributed by atoms with van der Waals surface area (Å²) in [5, 5.41) is 3.17. The Bertz CT molecular complexity index is 472. The summed E-state index contributed by atoms with van der Waals surface area (Å²) in [5.41, 5.74) is 0.487. The second-order valence-electron chi connectivity index (χ2n) is 4.48. The molecule has 1 N–H and O–H groups in total. The van der Waals surface area contributed by atoms with E-state index in [1.54, 1.807) is 27.9 Å². The Morgan fingerprint density at radius 3 is 2.71 bits per heavy atom. The van der Waals surface area contributed by atoms with Crippen LogP contribution in [0.3, 0.4) is 0 Å². The zero-order valence-electron chi connectivity index (χ0n) is 11.9. The lowest BCUT2D eigenvalue weighted by Gasteiger charge is -2.26. The lowest BCUT2D eigenvalue weighted by atomic mass is 10.3. The molecule has 1 aromatic rings. The number of amides is 1. The van der Waals surface area contributed by atoms with Crippen molar-refractivity contribution in [2.45, 2.75) is 6.54 Å². The Morgan fingerprint density at radius 1 is 1.33 bits per heavy atom. The molecule has 0 spiro atoms. The number of rotatable bonds is 4. The predicted octanol–water partition coefficient (Wildman–Crippen LogP) is 0.738. The van der Waals surface area contributed by atoms with Crippen LogP contribution in [-0.4, -0.2) is 61.4 Å². The fraction of sp³-hybridized carbons (Fsp3) is 0.538. The molecule has 21 heavy (non-hydrogen) atoms. The first kappa shape index (κ1) is 17.3. The molecule has 0 atom stereocenters. The number of esters is 1. The van der Waals surface area contributed by atoms with Gasteiger partial charge >= 0.3 is 12.1 Å². The van der Waals surface area contributed by atoms with Crippen LogP contribution in [0.15, 0.2) is 18.5 Å². The van der Waals surface area contributed by atoms with Crippen molar-refractivity contribution in [2.75, 3.05) is 39.9 Å². The van der Waals surface area contributed by atoms with Gasteiger partial charge in [0.05, 0.1) is 19.2 Å².